The zero-order chi connectivity index (χ0) is 51.4. The average Bonchev–Trinajstić information content (AvgIpc) is 3.32. The minimum absolute atomic E-state index is 1.23. The van der Waals surface area contributed by atoms with Gasteiger partial charge in [0, 0.05) is 0 Å². The number of unbranched alkanes of at least 4 members (excludes halogenated alkanes) is 42. The molecule has 0 amide bonds. The summed E-state index contributed by atoms with van der Waals surface area (Å²) in [5.74, 6) is 0. The van der Waals surface area contributed by atoms with E-state index in [2.05, 4.69) is 68.0 Å². The molecule has 0 N–H and O–H groups in total. The van der Waals surface area contributed by atoms with Gasteiger partial charge in [-0.3, -0.25) is 0 Å². The van der Waals surface area contributed by atoms with Crippen LogP contribution in [0.25, 0.3) is 0 Å². The number of nitrogens with zero attached hydrogens (tertiary/aromatic N) is 4. The number of hydrogen-bond donors (Lipinski definition) is 0. The van der Waals surface area contributed by atoms with Crippen molar-refractivity contribution in [1.82, 2.24) is 4.90 Å². The Morgan fingerprint density at radius 2 is 0.300 bits per heavy atom. The molecule has 0 radical (unpaired) electrons. The van der Waals surface area contributed by atoms with E-state index in [1.54, 1.807) is 0 Å². The summed E-state index contributed by atoms with van der Waals surface area (Å²) in [6, 6.07) is 0. The van der Waals surface area contributed by atoms with Crippen LogP contribution in [0.1, 0.15) is 329 Å². The van der Waals surface area contributed by atoms with E-state index in [0.717, 1.165) is 0 Å². The fourth-order valence-corrected chi connectivity index (χ4v) is 11.5. The zero-order valence-electron chi connectivity index (χ0n) is 51.1. The lowest BCUT2D eigenvalue weighted by Gasteiger charge is -2.30. The minimum Gasteiger partial charge on any atom is -0.328 e. The molecule has 0 aromatic heterocycles. The van der Waals surface area contributed by atoms with Gasteiger partial charge in [-0.05, 0) is 116 Å². The van der Waals surface area contributed by atoms with Crippen molar-refractivity contribution < 1.29 is 13.4 Å². The molecular formula is C66H141N4+3. The maximum Gasteiger partial charge on any atom is 0.0782 e. The maximum absolute atomic E-state index is 2.90. The second-order valence-electron chi connectivity index (χ2n) is 25.9. The number of quaternary nitrogens is 3. The average molecular weight is 991 g/mol. The molecule has 0 aliphatic carbocycles. The van der Waals surface area contributed by atoms with Crippen molar-refractivity contribution >= 4 is 0 Å². The highest BCUT2D eigenvalue weighted by atomic mass is 15.3. The first kappa shape index (κ1) is 69.8. The topological polar surface area (TPSA) is 3.24 Å². The van der Waals surface area contributed by atoms with E-state index in [-0.39, 0.29) is 0 Å². The molecule has 0 heterocycles. The highest BCUT2D eigenvalue weighted by molar-refractivity contribution is 4.61. The Morgan fingerprint density at radius 1 is 0.171 bits per heavy atom. The lowest BCUT2D eigenvalue weighted by molar-refractivity contribution is -0.890. The molecule has 70 heavy (non-hydrogen) atoms. The molecule has 0 saturated carbocycles. The fraction of sp³-hybridized carbons (Fsp3) is 1.00. The Bertz CT molecular complexity index is 867. The summed E-state index contributed by atoms with van der Waals surface area (Å²) in [7, 11) is 15.0. The first-order valence-corrected chi connectivity index (χ1v) is 33.2. The monoisotopic (exact) mass is 990 g/mol. The molecule has 0 aliphatic heterocycles. The van der Waals surface area contributed by atoms with Gasteiger partial charge in [0.2, 0.25) is 0 Å². The van der Waals surface area contributed by atoms with E-state index in [0.29, 0.717) is 0 Å². The quantitative estimate of drug-likeness (QED) is 0.0434. The van der Waals surface area contributed by atoms with E-state index >= 15 is 0 Å². The fourth-order valence-electron chi connectivity index (χ4n) is 11.5. The van der Waals surface area contributed by atoms with E-state index in [4.69, 9.17) is 0 Å². The van der Waals surface area contributed by atoms with Crippen molar-refractivity contribution in [3.63, 3.8) is 0 Å². The molecule has 4 nitrogen and oxygen atoms in total. The third-order valence-corrected chi connectivity index (χ3v) is 16.8. The predicted molar refractivity (Wildman–Crippen MR) is 321 cm³/mol. The van der Waals surface area contributed by atoms with Crippen LogP contribution in [0.3, 0.4) is 0 Å². The van der Waals surface area contributed by atoms with Crippen LogP contribution in [0.5, 0.6) is 0 Å². The van der Waals surface area contributed by atoms with Crippen LogP contribution in [-0.2, 0) is 0 Å². The third-order valence-electron chi connectivity index (χ3n) is 16.8. The van der Waals surface area contributed by atoms with Gasteiger partial charge in [-0.1, -0.05) is 233 Å². The first-order chi connectivity index (χ1) is 34.0. The maximum atomic E-state index is 2.90. The van der Waals surface area contributed by atoms with Crippen LogP contribution in [0.4, 0.5) is 0 Å². The molecular weight excluding hydrogens is 849 g/mol. The van der Waals surface area contributed by atoms with Gasteiger partial charge in [0.25, 0.3) is 0 Å². The third kappa shape index (κ3) is 54.1. The summed E-state index contributed by atoms with van der Waals surface area (Å²) in [6.07, 6.45) is 69.2. The Hall–Kier alpha value is -0.160. The van der Waals surface area contributed by atoms with E-state index in [1.807, 2.05) is 0 Å². The van der Waals surface area contributed by atoms with Gasteiger partial charge in [0.1, 0.15) is 0 Å². The van der Waals surface area contributed by atoms with Gasteiger partial charge in [-0.2, -0.15) is 0 Å². The Morgan fingerprint density at radius 3 is 0.457 bits per heavy atom. The van der Waals surface area contributed by atoms with Crippen LogP contribution >= 0.6 is 0 Å². The minimum atomic E-state index is 1.23. The highest BCUT2D eigenvalue weighted by Crippen LogP contribution is 2.18. The largest absolute Gasteiger partial charge is 0.328 e. The van der Waals surface area contributed by atoms with Gasteiger partial charge in [-0.25, -0.2) is 0 Å². The summed E-state index contributed by atoms with van der Waals surface area (Å²) in [4.78, 5) is 2.90. The second kappa shape index (κ2) is 52.3. The predicted octanol–water partition coefficient (Wildman–Crippen LogP) is 20.3. The highest BCUT2D eigenvalue weighted by Gasteiger charge is 2.17. The van der Waals surface area contributed by atoms with Crippen molar-refractivity contribution in [2.45, 2.75) is 329 Å². The van der Waals surface area contributed by atoms with Gasteiger partial charge in [-0.15, -0.1) is 0 Å². The molecule has 0 fully saturated rings. The summed E-state index contributed by atoms with van der Waals surface area (Å²) in [5.41, 5.74) is 0. The summed E-state index contributed by atoms with van der Waals surface area (Å²) < 4.78 is 3.69. The molecule has 0 rings (SSSR count). The molecule has 0 bridgehead atoms. The van der Waals surface area contributed by atoms with Crippen molar-refractivity contribution in [3.8, 4) is 0 Å². The van der Waals surface area contributed by atoms with Crippen molar-refractivity contribution in [3.05, 3.63) is 0 Å². The van der Waals surface area contributed by atoms with E-state index < -0.39 is 0 Å². The lowest BCUT2D eigenvalue weighted by Crippen LogP contribution is -2.41. The second-order valence-corrected chi connectivity index (χ2v) is 25.9. The summed E-state index contributed by atoms with van der Waals surface area (Å²) >= 11 is 0. The molecule has 0 saturated heterocycles. The molecule has 422 valence electrons. The molecule has 0 atom stereocenters. The van der Waals surface area contributed by atoms with Crippen LogP contribution in [0.15, 0.2) is 0 Å². The molecule has 0 aromatic rings. The van der Waals surface area contributed by atoms with Crippen molar-refractivity contribution in [2.24, 2.45) is 0 Å². The Balaban J connectivity index is 4.45. The molecule has 0 spiro atoms. The van der Waals surface area contributed by atoms with Crippen LogP contribution in [0, 0.1) is 0 Å². The summed E-state index contributed by atoms with van der Waals surface area (Å²) in [5, 5.41) is 0. The molecule has 4 heteroatoms. The lowest BCUT2D eigenvalue weighted by atomic mass is 10.1. The van der Waals surface area contributed by atoms with Crippen LogP contribution in [0.2, 0.25) is 0 Å². The molecule has 0 aromatic carbocycles. The van der Waals surface area contributed by atoms with Gasteiger partial charge >= 0.3 is 0 Å². The number of hydrogen-bond acceptors (Lipinski definition) is 1. The van der Waals surface area contributed by atoms with E-state index in [1.165, 1.54) is 381 Å². The SMILES string of the molecule is CCCCCCCCCCCCCC[N+](C)(C)CCCCCCN(CCCCCC[N+](C)(C)CCCCCCCCCCCCCC)CCCCCC[N+](C)(C)CCCCCCCCCCCCCC. The first-order valence-electron chi connectivity index (χ1n) is 33.2. The summed E-state index contributed by atoms with van der Waals surface area (Å²) in [6.45, 7) is 19.2. The van der Waals surface area contributed by atoms with Gasteiger partial charge in [0.05, 0.1) is 81.6 Å². The van der Waals surface area contributed by atoms with Crippen molar-refractivity contribution in [2.75, 3.05) is 101 Å². The van der Waals surface area contributed by atoms with Gasteiger partial charge in [0.15, 0.2) is 0 Å². The number of rotatable bonds is 60. The molecule has 0 unspecified atom stereocenters. The smallest absolute Gasteiger partial charge is 0.0782 e. The van der Waals surface area contributed by atoms with Gasteiger partial charge < -0.3 is 18.3 Å². The van der Waals surface area contributed by atoms with Crippen LogP contribution < -0.4 is 0 Å². The zero-order valence-corrected chi connectivity index (χ0v) is 51.1. The van der Waals surface area contributed by atoms with Crippen LogP contribution in [-0.4, -0.2) is 120 Å². The Labute approximate surface area is 446 Å². The standard InChI is InChI=1S/C66H141N4/c1-10-13-16-19-22-25-28-31-34-37-43-52-61-68(4,5)64-55-46-40-49-58-67(59-50-41-47-56-65-69(6,7)62-53-44-38-35-32-29-26-23-20-17-14-11-2)60-51-42-48-57-66-70(8,9)63-54-45-39-36-33-30-27-24-21-18-15-12-3/h10-66H2,1-9H3/q+3. The normalized spacial score (nSPS) is 12.6. The van der Waals surface area contributed by atoms with Crippen molar-refractivity contribution in [1.29, 1.82) is 0 Å². The molecule has 0 aliphatic rings. The van der Waals surface area contributed by atoms with E-state index in [9.17, 15) is 0 Å². The Kier molecular flexibility index (Phi) is 52.2.